The van der Waals surface area contributed by atoms with Crippen molar-refractivity contribution in [2.45, 2.75) is 37.4 Å². The van der Waals surface area contributed by atoms with Crippen LogP contribution in [0.25, 0.3) is 0 Å². The van der Waals surface area contributed by atoms with E-state index in [1.165, 1.54) is 0 Å². The molecule has 1 aliphatic heterocycles. The van der Waals surface area contributed by atoms with Crippen molar-refractivity contribution in [2.24, 2.45) is 0 Å². The number of aliphatic hydroxyl groups excluding tert-OH is 2. The molecule has 1 unspecified atom stereocenters. The first-order chi connectivity index (χ1) is 4.13. The first kappa shape index (κ1) is 7.46. The van der Waals surface area contributed by atoms with Gasteiger partial charge < -0.3 is 10.2 Å². The van der Waals surface area contributed by atoms with Crippen LogP contribution in [0.2, 0.25) is 0 Å². The van der Waals surface area contributed by atoms with E-state index in [0.29, 0.717) is 19.9 Å². The van der Waals surface area contributed by atoms with E-state index in [0.717, 1.165) is 0 Å². The standard InChI is InChI=1S/C6H13O2P/c1-3-5(7)6(8)4(2)9-3/h3-9H,1-2H3/t3-,4+,5-,6+. The van der Waals surface area contributed by atoms with E-state index in [1.54, 1.807) is 0 Å². The summed E-state index contributed by atoms with van der Waals surface area (Å²) in [6, 6.07) is 0. The molecule has 0 aromatic heterocycles. The molecule has 0 saturated carbocycles. The Kier molecular flexibility index (Phi) is 2.10. The summed E-state index contributed by atoms with van der Waals surface area (Å²) in [4.78, 5) is 0. The predicted molar refractivity (Wildman–Crippen MR) is 39.3 cm³/mol. The summed E-state index contributed by atoms with van der Waals surface area (Å²) < 4.78 is 0. The molecule has 1 rings (SSSR count). The highest BCUT2D eigenvalue weighted by molar-refractivity contribution is 7.40. The second-order valence-corrected chi connectivity index (χ2v) is 4.88. The van der Waals surface area contributed by atoms with Gasteiger partial charge in [-0.25, -0.2) is 0 Å². The summed E-state index contributed by atoms with van der Waals surface area (Å²) in [5.74, 6) is 0. The van der Waals surface area contributed by atoms with Gasteiger partial charge in [0, 0.05) is 11.3 Å². The second kappa shape index (κ2) is 2.53. The zero-order valence-corrected chi connectivity index (χ0v) is 6.70. The molecule has 0 amide bonds. The molecule has 1 fully saturated rings. The maximum absolute atomic E-state index is 9.19. The van der Waals surface area contributed by atoms with E-state index in [1.807, 2.05) is 13.8 Å². The number of aliphatic hydroxyl groups is 2. The molecule has 1 saturated heterocycles. The first-order valence-electron chi connectivity index (χ1n) is 3.25. The van der Waals surface area contributed by atoms with Gasteiger partial charge in [-0.2, -0.15) is 0 Å². The Morgan fingerprint density at radius 3 is 1.44 bits per heavy atom. The molecule has 9 heavy (non-hydrogen) atoms. The molecule has 1 heterocycles. The monoisotopic (exact) mass is 148 g/mol. The van der Waals surface area contributed by atoms with Gasteiger partial charge in [0.2, 0.25) is 0 Å². The fourth-order valence-corrected chi connectivity index (χ4v) is 2.82. The largest absolute Gasteiger partial charge is 0.390 e. The van der Waals surface area contributed by atoms with Crippen molar-refractivity contribution in [1.82, 2.24) is 0 Å². The summed E-state index contributed by atoms with van der Waals surface area (Å²) in [6.45, 7) is 3.96. The van der Waals surface area contributed by atoms with Gasteiger partial charge in [0.15, 0.2) is 0 Å². The third-order valence-electron chi connectivity index (χ3n) is 1.90. The Morgan fingerprint density at radius 2 is 1.33 bits per heavy atom. The fraction of sp³-hybridized carbons (Fsp3) is 1.00. The average Bonchev–Trinajstić information content (AvgIpc) is 1.98. The topological polar surface area (TPSA) is 40.5 Å². The van der Waals surface area contributed by atoms with E-state index < -0.39 is 12.2 Å². The van der Waals surface area contributed by atoms with Crippen LogP contribution < -0.4 is 0 Å². The maximum atomic E-state index is 9.19. The van der Waals surface area contributed by atoms with Crippen LogP contribution >= 0.6 is 8.58 Å². The van der Waals surface area contributed by atoms with Crippen LogP contribution in [0.15, 0.2) is 0 Å². The molecule has 1 aliphatic rings. The smallest absolute Gasteiger partial charge is 0.0867 e. The Hall–Kier alpha value is 0.350. The van der Waals surface area contributed by atoms with Crippen LogP contribution in [0.4, 0.5) is 0 Å². The fourth-order valence-electron chi connectivity index (χ4n) is 1.20. The number of rotatable bonds is 0. The van der Waals surface area contributed by atoms with E-state index in [2.05, 4.69) is 0 Å². The minimum absolute atomic E-state index is 0.301. The highest BCUT2D eigenvalue weighted by Gasteiger charge is 2.35. The molecular weight excluding hydrogens is 135 g/mol. The highest BCUT2D eigenvalue weighted by Crippen LogP contribution is 2.39. The summed E-state index contributed by atoms with van der Waals surface area (Å²) >= 11 is 0. The van der Waals surface area contributed by atoms with Gasteiger partial charge >= 0.3 is 0 Å². The molecule has 54 valence electrons. The van der Waals surface area contributed by atoms with Gasteiger partial charge in [0.05, 0.1) is 12.2 Å². The highest BCUT2D eigenvalue weighted by atomic mass is 31.1. The van der Waals surface area contributed by atoms with Crippen LogP contribution in [0.3, 0.4) is 0 Å². The second-order valence-electron chi connectivity index (χ2n) is 2.73. The molecule has 0 aromatic rings. The third kappa shape index (κ3) is 1.26. The molecule has 2 N–H and O–H groups in total. The van der Waals surface area contributed by atoms with E-state index in [-0.39, 0.29) is 0 Å². The Balaban J connectivity index is 2.54. The van der Waals surface area contributed by atoms with Crippen molar-refractivity contribution in [3.63, 3.8) is 0 Å². The lowest BCUT2D eigenvalue weighted by molar-refractivity contribution is 0.0327. The molecule has 0 radical (unpaired) electrons. The first-order valence-corrected chi connectivity index (χ1v) is 4.40. The van der Waals surface area contributed by atoms with Crippen LogP contribution in [0.1, 0.15) is 13.8 Å². The van der Waals surface area contributed by atoms with Crippen LogP contribution in [-0.2, 0) is 0 Å². The molecule has 5 atom stereocenters. The molecule has 0 aliphatic carbocycles. The van der Waals surface area contributed by atoms with Gasteiger partial charge in [-0.3, -0.25) is 0 Å². The molecule has 0 aromatic carbocycles. The normalized spacial score (nSPS) is 54.7. The predicted octanol–water partition coefficient (Wildman–Crippen LogP) is 0.177. The van der Waals surface area contributed by atoms with Gasteiger partial charge in [-0.05, 0) is 0 Å². The lowest BCUT2D eigenvalue weighted by atomic mass is 10.1. The maximum Gasteiger partial charge on any atom is 0.0867 e. The third-order valence-corrected chi connectivity index (χ3v) is 3.63. The zero-order valence-electron chi connectivity index (χ0n) is 5.70. The van der Waals surface area contributed by atoms with Gasteiger partial charge in [-0.15, -0.1) is 8.58 Å². The molecule has 2 nitrogen and oxygen atoms in total. The van der Waals surface area contributed by atoms with Crippen molar-refractivity contribution in [2.75, 3.05) is 0 Å². The summed E-state index contributed by atoms with van der Waals surface area (Å²) in [6.07, 6.45) is -0.948. The van der Waals surface area contributed by atoms with Crippen molar-refractivity contribution in [3.8, 4) is 0 Å². The van der Waals surface area contributed by atoms with Gasteiger partial charge in [0.1, 0.15) is 0 Å². The summed E-state index contributed by atoms with van der Waals surface area (Å²) in [5.41, 5.74) is 0.602. The number of hydrogen-bond acceptors (Lipinski definition) is 2. The van der Waals surface area contributed by atoms with Crippen LogP contribution in [-0.4, -0.2) is 33.7 Å². The van der Waals surface area contributed by atoms with Crippen molar-refractivity contribution in [3.05, 3.63) is 0 Å². The minimum Gasteiger partial charge on any atom is -0.390 e. The van der Waals surface area contributed by atoms with Crippen LogP contribution in [0, 0.1) is 0 Å². The lowest BCUT2D eigenvalue weighted by Crippen LogP contribution is -2.30. The number of hydrogen-bond donors (Lipinski definition) is 2. The van der Waals surface area contributed by atoms with Crippen molar-refractivity contribution < 1.29 is 10.2 Å². The van der Waals surface area contributed by atoms with E-state index in [4.69, 9.17) is 0 Å². The van der Waals surface area contributed by atoms with Crippen LogP contribution in [0.5, 0.6) is 0 Å². The average molecular weight is 148 g/mol. The van der Waals surface area contributed by atoms with Gasteiger partial charge in [-0.1, -0.05) is 13.8 Å². The lowest BCUT2D eigenvalue weighted by Gasteiger charge is -2.11. The quantitative estimate of drug-likeness (QED) is 0.481. The Labute approximate surface area is 57.1 Å². The Bertz CT molecular complexity index is 95.2. The summed E-state index contributed by atoms with van der Waals surface area (Å²) in [5, 5.41) is 18.4. The van der Waals surface area contributed by atoms with Gasteiger partial charge in [0.25, 0.3) is 0 Å². The molecule has 0 spiro atoms. The van der Waals surface area contributed by atoms with Crippen molar-refractivity contribution in [1.29, 1.82) is 0 Å². The SMILES string of the molecule is C[C@@H]1P[C@H](C)[C@@H](O)[C@H]1O. The zero-order chi connectivity index (χ0) is 7.02. The molecule has 0 bridgehead atoms. The Morgan fingerprint density at radius 1 is 1.00 bits per heavy atom. The molecule has 3 heteroatoms. The summed E-state index contributed by atoms with van der Waals surface area (Å²) in [7, 11) is 0.717. The van der Waals surface area contributed by atoms with E-state index in [9.17, 15) is 10.2 Å². The minimum atomic E-state index is -0.474. The molecular formula is C6H13O2P. The van der Waals surface area contributed by atoms with E-state index >= 15 is 0 Å². The van der Waals surface area contributed by atoms with Crippen molar-refractivity contribution >= 4 is 8.58 Å².